The summed E-state index contributed by atoms with van der Waals surface area (Å²) in [7, 11) is 0. The van der Waals surface area contributed by atoms with Gasteiger partial charge in [0.15, 0.2) is 6.61 Å². The third-order valence-corrected chi connectivity index (χ3v) is 6.18. The lowest BCUT2D eigenvalue weighted by molar-refractivity contribution is -0.142. The summed E-state index contributed by atoms with van der Waals surface area (Å²) in [6.07, 6.45) is 0.391. The zero-order chi connectivity index (χ0) is 25.2. The van der Waals surface area contributed by atoms with E-state index in [0.717, 1.165) is 15.6 Å². The Morgan fingerprint density at radius 1 is 0.943 bits per heavy atom. The van der Waals surface area contributed by atoms with Crippen LogP contribution in [0.3, 0.4) is 0 Å². The van der Waals surface area contributed by atoms with Crippen LogP contribution < -0.4 is 10.1 Å². The van der Waals surface area contributed by atoms with Crippen molar-refractivity contribution in [3.05, 3.63) is 99.5 Å². The van der Waals surface area contributed by atoms with Gasteiger partial charge in [-0.25, -0.2) is 0 Å². The van der Waals surface area contributed by atoms with Crippen molar-refractivity contribution in [2.24, 2.45) is 5.92 Å². The first-order valence-corrected chi connectivity index (χ1v) is 12.7. The third kappa shape index (κ3) is 8.71. The van der Waals surface area contributed by atoms with Crippen molar-refractivity contribution in [2.75, 3.05) is 13.2 Å². The van der Waals surface area contributed by atoms with Gasteiger partial charge in [0.1, 0.15) is 11.8 Å². The van der Waals surface area contributed by atoms with Crippen LogP contribution in [0.25, 0.3) is 0 Å². The molecule has 3 aromatic rings. The van der Waals surface area contributed by atoms with E-state index in [4.69, 9.17) is 16.3 Å². The Morgan fingerprint density at radius 3 is 2.23 bits per heavy atom. The molecule has 0 saturated heterocycles. The first kappa shape index (κ1) is 26.8. The molecule has 2 amide bonds. The van der Waals surface area contributed by atoms with Gasteiger partial charge in [0.05, 0.1) is 0 Å². The highest BCUT2D eigenvalue weighted by Crippen LogP contribution is 2.19. The minimum absolute atomic E-state index is 0.183. The topological polar surface area (TPSA) is 58.6 Å². The molecule has 0 spiro atoms. The summed E-state index contributed by atoms with van der Waals surface area (Å²) < 4.78 is 6.70. The molecular weight excluding hydrogens is 528 g/mol. The van der Waals surface area contributed by atoms with Gasteiger partial charge in [0, 0.05) is 29.0 Å². The number of hydrogen-bond donors (Lipinski definition) is 1. The SMILES string of the molecule is CC(C)CNC(=O)C(Cc1ccccc1)N(Cc1ccc(Cl)cc1)C(=O)COc1ccc(Br)cc1. The molecule has 1 unspecified atom stereocenters. The van der Waals surface area contributed by atoms with Crippen molar-refractivity contribution in [3.63, 3.8) is 0 Å². The molecule has 5 nitrogen and oxygen atoms in total. The van der Waals surface area contributed by atoms with Crippen LogP contribution in [0.1, 0.15) is 25.0 Å². The number of nitrogens with zero attached hydrogens (tertiary/aromatic N) is 1. The molecule has 0 aromatic heterocycles. The molecule has 0 bridgehead atoms. The van der Waals surface area contributed by atoms with Crippen LogP contribution in [-0.4, -0.2) is 35.9 Å². The summed E-state index contributed by atoms with van der Waals surface area (Å²) in [6, 6.07) is 23.6. The maximum atomic E-state index is 13.5. The minimum atomic E-state index is -0.701. The molecule has 0 radical (unpaired) electrons. The zero-order valence-electron chi connectivity index (χ0n) is 19.9. The second-order valence-electron chi connectivity index (χ2n) is 8.74. The molecule has 0 aliphatic rings. The van der Waals surface area contributed by atoms with Gasteiger partial charge in [-0.3, -0.25) is 9.59 Å². The monoisotopic (exact) mass is 556 g/mol. The number of ether oxygens (including phenoxy) is 1. The van der Waals surface area contributed by atoms with Crippen molar-refractivity contribution < 1.29 is 14.3 Å². The van der Waals surface area contributed by atoms with Gasteiger partial charge in [-0.1, -0.05) is 83.8 Å². The molecular formula is C28H30BrClN2O3. The average Bonchev–Trinajstić information content (AvgIpc) is 2.86. The van der Waals surface area contributed by atoms with E-state index in [2.05, 4.69) is 21.2 Å². The molecule has 0 saturated carbocycles. The van der Waals surface area contributed by atoms with E-state index in [1.54, 1.807) is 29.2 Å². The predicted octanol–water partition coefficient (Wildman–Crippen LogP) is 5.89. The van der Waals surface area contributed by atoms with Crippen molar-refractivity contribution in [2.45, 2.75) is 32.9 Å². The molecule has 35 heavy (non-hydrogen) atoms. The molecule has 0 aliphatic heterocycles. The van der Waals surface area contributed by atoms with Crippen LogP contribution >= 0.6 is 27.5 Å². The Kier molecular flexibility index (Phi) is 10.2. The quantitative estimate of drug-likeness (QED) is 0.320. The Labute approximate surface area is 220 Å². The van der Waals surface area contributed by atoms with E-state index >= 15 is 0 Å². The smallest absolute Gasteiger partial charge is 0.261 e. The molecule has 0 aliphatic carbocycles. The summed E-state index contributed by atoms with van der Waals surface area (Å²) >= 11 is 9.46. The van der Waals surface area contributed by atoms with E-state index in [9.17, 15) is 9.59 Å². The third-order valence-electron chi connectivity index (χ3n) is 5.40. The second kappa shape index (κ2) is 13.3. The summed E-state index contributed by atoms with van der Waals surface area (Å²) in [5.74, 6) is 0.409. The summed E-state index contributed by atoms with van der Waals surface area (Å²) in [5.41, 5.74) is 1.85. The van der Waals surface area contributed by atoms with Crippen molar-refractivity contribution >= 4 is 39.3 Å². The van der Waals surface area contributed by atoms with Crippen molar-refractivity contribution in [1.82, 2.24) is 10.2 Å². The molecule has 0 heterocycles. The summed E-state index contributed by atoms with van der Waals surface area (Å²) in [5, 5.41) is 3.62. The number of nitrogens with one attached hydrogen (secondary N) is 1. The van der Waals surface area contributed by atoms with Crippen LogP contribution in [0.2, 0.25) is 5.02 Å². The molecule has 3 rings (SSSR count). The Hall–Kier alpha value is -2.83. The lowest BCUT2D eigenvalue weighted by Gasteiger charge is -2.31. The van der Waals surface area contributed by atoms with E-state index < -0.39 is 6.04 Å². The van der Waals surface area contributed by atoms with E-state index in [0.29, 0.717) is 23.7 Å². The first-order chi connectivity index (χ1) is 16.8. The lowest BCUT2D eigenvalue weighted by atomic mass is 10.0. The number of carbonyl (C=O) groups excluding carboxylic acids is 2. The molecule has 7 heteroatoms. The number of hydrogen-bond acceptors (Lipinski definition) is 3. The fraction of sp³-hybridized carbons (Fsp3) is 0.286. The van der Waals surface area contributed by atoms with Gasteiger partial charge in [-0.15, -0.1) is 0 Å². The number of benzene rings is 3. The second-order valence-corrected chi connectivity index (χ2v) is 10.1. The summed E-state index contributed by atoms with van der Waals surface area (Å²) in [6.45, 7) is 4.68. The van der Waals surface area contributed by atoms with Crippen LogP contribution in [0.4, 0.5) is 0 Å². The van der Waals surface area contributed by atoms with E-state index in [-0.39, 0.29) is 30.9 Å². The van der Waals surface area contributed by atoms with Crippen LogP contribution in [0.5, 0.6) is 5.75 Å². The fourth-order valence-corrected chi connectivity index (χ4v) is 3.91. The maximum Gasteiger partial charge on any atom is 0.261 e. The Bertz CT molecular complexity index is 1090. The standard InChI is InChI=1S/C28H30BrClN2O3/c1-20(2)17-31-28(34)26(16-21-6-4-3-5-7-21)32(18-22-8-12-24(30)13-9-22)27(33)19-35-25-14-10-23(29)11-15-25/h3-15,20,26H,16-19H2,1-2H3,(H,31,34). The largest absolute Gasteiger partial charge is 0.484 e. The van der Waals surface area contributed by atoms with Crippen molar-refractivity contribution in [1.29, 1.82) is 0 Å². The van der Waals surface area contributed by atoms with Crippen LogP contribution in [-0.2, 0) is 22.6 Å². The zero-order valence-corrected chi connectivity index (χ0v) is 22.3. The predicted molar refractivity (Wildman–Crippen MR) is 143 cm³/mol. The van der Waals surface area contributed by atoms with Gasteiger partial charge < -0.3 is 15.0 Å². The van der Waals surface area contributed by atoms with Crippen LogP contribution in [0.15, 0.2) is 83.3 Å². The van der Waals surface area contributed by atoms with Gasteiger partial charge in [0.2, 0.25) is 5.91 Å². The Morgan fingerprint density at radius 2 is 1.60 bits per heavy atom. The highest BCUT2D eigenvalue weighted by molar-refractivity contribution is 9.10. The van der Waals surface area contributed by atoms with Gasteiger partial charge in [-0.2, -0.15) is 0 Å². The van der Waals surface area contributed by atoms with E-state index in [1.165, 1.54) is 0 Å². The maximum absolute atomic E-state index is 13.5. The van der Waals surface area contributed by atoms with E-state index in [1.807, 2.05) is 68.4 Å². The number of amides is 2. The number of halogens is 2. The molecule has 184 valence electrons. The Balaban J connectivity index is 1.88. The highest BCUT2D eigenvalue weighted by Gasteiger charge is 2.30. The van der Waals surface area contributed by atoms with Gasteiger partial charge in [0.25, 0.3) is 5.91 Å². The van der Waals surface area contributed by atoms with Crippen molar-refractivity contribution in [3.8, 4) is 5.75 Å². The number of rotatable bonds is 11. The normalized spacial score (nSPS) is 11.7. The molecule has 1 N–H and O–H groups in total. The number of carbonyl (C=O) groups is 2. The summed E-state index contributed by atoms with van der Waals surface area (Å²) in [4.78, 5) is 28.5. The molecule has 0 fully saturated rings. The molecule has 1 atom stereocenters. The lowest BCUT2D eigenvalue weighted by Crippen LogP contribution is -2.52. The van der Waals surface area contributed by atoms with Gasteiger partial charge in [-0.05, 0) is 53.4 Å². The van der Waals surface area contributed by atoms with Crippen LogP contribution in [0, 0.1) is 5.92 Å². The average molecular weight is 558 g/mol. The first-order valence-electron chi connectivity index (χ1n) is 11.6. The molecule has 3 aromatic carbocycles. The highest BCUT2D eigenvalue weighted by atomic mass is 79.9. The minimum Gasteiger partial charge on any atom is -0.484 e. The van der Waals surface area contributed by atoms with Gasteiger partial charge >= 0.3 is 0 Å². The fourth-order valence-electron chi connectivity index (χ4n) is 3.52.